The van der Waals surface area contributed by atoms with Crippen LogP contribution in [0.3, 0.4) is 0 Å². The van der Waals surface area contributed by atoms with Crippen LogP contribution in [0.25, 0.3) is 0 Å². The van der Waals surface area contributed by atoms with Crippen molar-refractivity contribution in [2.75, 3.05) is 6.61 Å². The third-order valence-electron chi connectivity index (χ3n) is 14.5. The van der Waals surface area contributed by atoms with Gasteiger partial charge in [0.25, 0.3) is 5.91 Å². The Morgan fingerprint density at radius 3 is 1.98 bits per heavy atom. The van der Waals surface area contributed by atoms with Gasteiger partial charge in [-0.2, -0.15) is 0 Å². The summed E-state index contributed by atoms with van der Waals surface area (Å²) in [7, 11) is 0. The van der Waals surface area contributed by atoms with Gasteiger partial charge in [-0.15, -0.1) is 0 Å². The van der Waals surface area contributed by atoms with E-state index in [9.17, 15) is 39.3 Å². The van der Waals surface area contributed by atoms with Crippen molar-refractivity contribution < 1.29 is 67.8 Å². The average Bonchev–Trinajstić information content (AvgIpc) is 3.26. The summed E-state index contributed by atoms with van der Waals surface area (Å²) >= 11 is 0. The largest absolute Gasteiger partial charge is 0.456 e. The number of amides is 1. The van der Waals surface area contributed by atoms with Gasteiger partial charge in [-0.1, -0.05) is 95.3 Å². The van der Waals surface area contributed by atoms with Gasteiger partial charge in [0.05, 0.1) is 35.6 Å². The molecule has 1 amide bonds. The Labute approximate surface area is 383 Å². The van der Waals surface area contributed by atoms with E-state index in [-0.39, 0.29) is 40.7 Å². The fraction of sp³-hybridized carbons (Fsp3) is 0.490. The Bertz CT molecular complexity index is 2430. The minimum atomic E-state index is -2.40. The normalized spacial score (nSPS) is 30.9. The molecule has 0 radical (unpaired) electrons. The van der Waals surface area contributed by atoms with Gasteiger partial charge < -0.3 is 44.3 Å². The first-order valence-corrected chi connectivity index (χ1v) is 22.1. The fourth-order valence-corrected chi connectivity index (χ4v) is 10.7. The minimum Gasteiger partial charge on any atom is -0.456 e. The van der Waals surface area contributed by atoms with Crippen LogP contribution in [0, 0.1) is 16.7 Å². The van der Waals surface area contributed by atoms with Gasteiger partial charge in [-0.25, -0.2) is 9.59 Å². The Morgan fingerprint density at radius 1 is 0.833 bits per heavy atom. The summed E-state index contributed by atoms with van der Waals surface area (Å²) < 4.78 is 30.4. The van der Waals surface area contributed by atoms with Crippen molar-refractivity contribution in [2.45, 2.75) is 134 Å². The molecule has 15 heteroatoms. The molecule has 3 aromatic rings. The molecule has 7 rings (SSSR count). The van der Waals surface area contributed by atoms with Crippen molar-refractivity contribution >= 4 is 35.6 Å². The predicted molar refractivity (Wildman–Crippen MR) is 236 cm³/mol. The highest BCUT2D eigenvalue weighted by Gasteiger charge is 2.78. The predicted octanol–water partition coefficient (Wildman–Crippen LogP) is 5.03. The number of aliphatic hydroxyl groups excluding tert-OH is 2. The second kappa shape index (κ2) is 17.5. The summed E-state index contributed by atoms with van der Waals surface area (Å²) in [5, 5.41) is 40.6. The van der Waals surface area contributed by atoms with Crippen molar-refractivity contribution in [1.29, 1.82) is 0 Å². The lowest BCUT2D eigenvalue weighted by atomic mass is 9.44. The van der Waals surface area contributed by atoms with Gasteiger partial charge in [0.2, 0.25) is 0 Å². The van der Waals surface area contributed by atoms with Crippen LogP contribution in [0.4, 0.5) is 0 Å². The summed E-state index contributed by atoms with van der Waals surface area (Å²) in [4.78, 5) is 84.2. The van der Waals surface area contributed by atoms with Crippen LogP contribution in [0.2, 0.25) is 0 Å². The van der Waals surface area contributed by atoms with Crippen LogP contribution >= 0.6 is 0 Å². The Balaban J connectivity index is 1.35. The topological polar surface area (TPSA) is 221 Å². The number of esters is 4. The van der Waals surface area contributed by atoms with Gasteiger partial charge in [0, 0.05) is 37.7 Å². The zero-order valence-electron chi connectivity index (χ0n) is 38.7. The van der Waals surface area contributed by atoms with E-state index in [4.69, 9.17) is 23.7 Å². The lowest BCUT2D eigenvalue weighted by Gasteiger charge is -2.67. The molecule has 3 fully saturated rings. The van der Waals surface area contributed by atoms with Gasteiger partial charge in [-0.05, 0) is 65.8 Å². The monoisotopic (exact) mass is 909 g/mol. The number of nitrogens with one attached hydrogen (secondary N) is 1. The number of carbonyl (C=O) groups excluding carboxylic acids is 6. The first kappa shape index (κ1) is 48.2. The van der Waals surface area contributed by atoms with Crippen LogP contribution in [0.15, 0.2) is 96.1 Å². The first-order chi connectivity index (χ1) is 30.9. The highest BCUT2D eigenvalue weighted by molar-refractivity contribution is 5.96. The molecule has 4 aliphatic rings. The summed E-state index contributed by atoms with van der Waals surface area (Å²) in [5.74, 6) is -6.84. The number of rotatable bonds is 10. The Hall–Kier alpha value is -5.74. The molecule has 2 saturated carbocycles. The molecular formula is C51H59NO14. The standard InChI is InChI=1S/C51H59NO14/c1-27-34(64-46(60)39(56)38(30-16-12-10-13-17-30)52-44(58)31-20-22-33(23-21-31)47(4,5)6)25-51(61)43(65-45(59)32-18-14-11-15-19-32)41-49(9,35(55)24-36-50(41,26-62-36)66-29(3)54)42(57)40(63-28(2)53)37(27)48(51,7)8/h10-23,34-36,38-41,43,55-56,61H,24-26H2,1-9H3,(H,52,58)/t34-,35-,36+,38-,39+,40+,41?,43-,49+,50-,51+/m0/s1. The fourth-order valence-electron chi connectivity index (χ4n) is 10.7. The molecule has 1 heterocycles. The lowest BCUT2D eigenvalue weighted by molar-refractivity contribution is -0.346. The smallest absolute Gasteiger partial charge is 0.338 e. The van der Waals surface area contributed by atoms with E-state index in [1.54, 1.807) is 74.5 Å². The molecule has 1 saturated heterocycles. The maximum atomic E-state index is 15.6. The molecule has 66 heavy (non-hydrogen) atoms. The van der Waals surface area contributed by atoms with E-state index in [1.807, 2.05) is 32.9 Å². The molecular weight excluding hydrogens is 851 g/mol. The molecule has 0 spiro atoms. The second-order valence-electron chi connectivity index (χ2n) is 19.8. The van der Waals surface area contributed by atoms with Crippen LogP contribution in [0.1, 0.15) is 113 Å². The third kappa shape index (κ3) is 8.13. The van der Waals surface area contributed by atoms with Crippen molar-refractivity contribution in [2.24, 2.45) is 16.7 Å². The van der Waals surface area contributed by atoms with Crippen molar-refractivity contribution in [1.82, 2.24) is 5.32 Å². The Morgan fingerprint density at radius 2 is 1.44 bits per heavy atom. The number of hydrogen-bond acceptors (Lipinski definition) is 14. The number of hydrogen-bond donors (Lipinski definition) is 4. The quantitative estimate of drug-likeness (QED) is 0.119. The molecule has 4 N–H and O–H groups in total. The molecule has 3 aliphatic carbocycles. The summed E-state index contributed by atoms with van der Waals surface area (Å²) in [6, 6.07) is 21.8. The second-order valence-corrected chi connectivity index (χ2v) is 19.8. The zero-order valence-corrected chi connectivity index (χ0v) is 38.7. The Kier molecular flexibility index (Phi) is 12.8. The average molecular weight is 910 g/mol. The van der Waals surface area contributed by atoms with Crippen LogP contribution in [-0.2, 0) is 48.3 Å². The van der Waals surface area contributed by atoms with Gasteiger partial charge in [0.15, 0.2) is 23.6 Å². The molecule has 1 aliphatic heterocycles. The minimum absolute atomic E-state index is 0.00323. The van der Waals surface area contributed by atoms with Crippen LogP contribution in [-0.4, -0.2) is 105 Å². The number of ether oxygens (including phenoxy) is 5. The SMILES string of the molecule is CC(=O)O[C@H]1C(=O)[C@@]2(C)C([C@H](OC(=O)c3ccccc3)[C@]3(O)C[C@H](OC(=O)[C@H](O)[C@@H](NC(=O)c4ccc(C(C)(C)C)cc4)c4ccccc4)C(C)=C1C3(C)C)[C@]1(OC(C)=O)CO[C@@H]1C[C@@H]2O. The molecule has 352 valence electrons. The number of Topliss-reactive ketones (excluding diaryl/α,β-unsaturated/α-hetero) is 1. The third-order valence-corrected chi connectivity index (χ3v) is 14.5. The van der Waals surface area contributed by atoms with E-state index in [0.29, 0.717) is 5.56 Å². The molecule has 3 aromatic carbocycles. The lowest BCUT2D eigenvalue weighted by Crippen LogP contribution is -2.82. The summed E-state index contributed by atoms with van der Waals surface area (Å²) in [6.45, 7) is 14.1. The molecule has 11 atom stereocenters. The molecule has 1 unspecified atom stereocenters. The van der Waals surface area contributed by atoms with Crippen molar-refractivity contribution in [3.05, 3.63) is 118 Å². The highest BCUT2D eigenvalue weighted by atomic mass is 16.6. The van der Waals surface area contributed by atoms with Crippen LogP contribution in [0.5, 0.6) is 0 Å². The van der Waals surface area contributed by atoms with Gasteiger partial charge in [-0.3, -0.25) is 19.2 Å². The number of benzene rings is 3. The number of carbonyl (C=O) groups is 6. The molecule has 2 bridgehead atoms. The van der Waals surface area contributed by atoms with Crippen molar-refractivity contribution in [3.63, 3.8) is 0 Å². The maximum Gasteiger partial charge on any atom is 0.338 e. The zero-order chi connectivity index (χ0) is 48.3. The van der Waals surface area contributed by atoms with Gasteiger partial charge in [0.1, 0.15) is 23.9 Å². The molecule has 0 aromatic heterocycles. The van der Waals surface area contributed by atoms with E-state index in [0.717, 1.165) is 19.4 Å². The van der Waals surface area contributed by atoms with E-state index in [1.165, 1.54) is 26.0 Å². The van der Waals surface area contributed by atoms with Crippen molar-refractivity contribution in [3.8, 4) is 0 Å². The number of aliphatic hydroxyl groups is 3. The van der Waals surface area contributed by atoms with E-state index in [2.05, 4.69) is 5.32 Å². The number of fused-ring (bicyclic) bond motifs is 5. The van der Waals surface area contributed by atoms with Crippen LogP contribution < -0.4 is 5.32 Å². The first-order valence-electron chi connectivity index (χ1n) is 22.1. The highest BCUT2D eigenvalue weighted by Crippen LogP contribution is 2.64. The maximum absolute atomic E-state index is 15.6. The summed E-state index contributed by atoms with van der Waals surface area (Å²) in [6.07, 6.45) is -10.6. The summed E-state index contributed by atoms with van der Waals surface area (Å²) in [5.41, 5.74) is -6.23. The van der Waals surface area contributed by atoms with E-state index < -0.39 is 113 Å². The van der Waals surface area contributed by atoms with Gasteiger partial charge >= 0.3 is 23.9 Å². The van der Waals surface area contributed by atoms with E-state index >= 15 is 4.79 Å². The number of ketones is 1. The molecule has 15 nitrogen and oxygen atoms in total.